The number of nitrogens with one attached hydrogen (secondary N) is 2. The summed E-state index contributed by atoms with van der Waals surface area (Å²) in [5.41, 5.74) is 9.14. The van der Waals surface area contributed by atoms with Gasteiger partial charge in [0.05, 0.1) is 6.21 Å². The van der Waals surface area contributed by atoms with E-state index >= 15 is 0 Å². The zero-order valence-electron chi connectivity index (χ0n) is 17.3. The van der Waals surface area contributed by atoms with Crippen molar-refractivity contribution in [2.45, 2.75) is 27.7 Å². The minimum absolute atomic E-state index is 0.473. The fourth-order valence-electron chi connectivity index (χ4n) is 3.11. The lowest BCUT2D eigenvalue weighted by Gasteiger charge is -2.11. The third-order valence-corrected chi connectivity index (χ3v) is 5.15. The first-order valence-corrected chi connectivity index (χ1v) is 9.80. The predicted molar refractivity (Wildman–Crippen MR) is 121 cm³/mol. The number of hydrazone groups is 1. The second-order valence-corrected chi connectivity index (χ2v) is 7.53. The summed E-state index contributed by atoms with van der Waals surface area (Å²) in [5.74, 6) is -1.67. The Bertz CT molecular complexity index is 1130. The fourth-order valence-corrected chi connectivity index (χ4v) is 3.24. The number of aromatic nitrogens is 1. The van der Waals surface area contributed by atoms with Crippen LogP contribution in [0.1, 0.15) is 28.1 Å². The number of amides is 2. The molecule has 0 aliphatic heterocycles. The van der Waals surface area contributed by atoms with Gasteiger partial charge in [-0.3, -0.25) is 9.59 Å². The Morgan fingerprint density at radius 2 is 1.63 bits per heavy atom. The first-order valence-electron chi connectivity index (χ1n) is 9.43. The van der Waals surface area contributed by atoms with Crippen LogP contribution in [0.2, 0.25) is 5.02 Å². The predicted octanol–water partition coefficient (Wildman–Crippen LogP) is 4.45. The maximum Gasteiger partial charge on any atom is 0.329 e. The van der Waals surface area contributed by atoms with E-state index in [4.69, 9.17) is 11.6 Å². The van der Waals surface area contributed by atoms with E-state index in [1.165, 1.54) is 17.3 Å². The zero-order chi connectivity index (χ0) is 21.8. The lowest BCUT2D eigenvalue weighted by molar-refractivity contribution is -0.136. The van der Waals surface area contributed by atoms with Crippen molar-refractivity contribution in [1.29, 1.82) is 0 Å². The highest BCUT2D eigenvalue weighted by molar-refractivity contribution is 6.39. The molecule has 2 aromatic carbocycles. The van der Waals surface area contributed by atoms with Crippen LogP contribution in [0.25, 0.3) is 5.69 Å². The second kappa shape index (κ2) is 8.97. The third-order valence-electron chi connectivity index (χ3n) is 4.90. The van der Waals surface area contributed by atoms with Crippen LogP contribution in [0, 0.1) is 27.7 Å². The molecule has 0 saturated carbocycles. The van der Waals surface area contributed by atoms with E-state index in [1.54, 1.807) is 24.3 Å². The van der Waals surface area contributed by atoms with Gasteiger partial charge in [0.15, 0.2) is 0 Å². The largest absolute Gasteiger partial charge is 0.329 e. The van der Waals surface area contributed by atoms with Crippen molar-refractivity contribution in [2.75, 3.05) is 5.32 Å². The maximum atomic E-state index is 12.0. The van der Waals surface area contributed by atoms with Gasteiger partial charge in [0.1, 0.15) is 0 Å². The molecule has 3 rings (SSSR count). The lowest BCUT2D eigenvalue weighted by atomic mass is 10.1. The number of carbonyl (C=O) groups excluding carboxylic acids is 2. The molecule has 30 heavy (non-hydrogen) atoms. The monoisotopic (exact) mass is 422 g/mol. The molecule has 0 unspecified atom stereocenters. The van der Waals surface area contributed by atoms with Gasteiger partial charge >= 0.3 is 11.8 Å². The standard InChI is InChI=1S/C23H23ClN4O2/c1-14-5-10-21(11-15(14)2)28-16(3)12-18(17(28)4)13-25-27-23(30)22(29)26-20-8-6-19(24)7-9-20/h5-13H,1-4H3,(H,26,29)(H,27,30)/b25-13-. The minimum atomic E-state index is -0.857. The summed E-state index contributed by atoms with van der Waals surface area (Å²) < 4.78 is 2.13. The van der Waals surface area contributed by atoms with Gasteiger partial charge in [-0.1, -0.05) is 17.7 Å². The summed E-state index contributed by atoms with van der Waals surface area (Å²) in [6.45, 7) is 8.16. The molecular formula is C23H23ClN4O2. The van der Waals surface area contributed by atoms with Crippen LogP contribution in [-0.4, -0.2) is 22.6 Å². The van der Waals surface area contributed by atoms with Crippen molar-refractivity contribution in [1.82, 2.24) is 9.99 Å². The van der Waals surface area contributed by atoms with Crippen molar-refractivity contribution >= 4 is 35.3 Å². The molecule has 1 heterocycles. The number of halogens is 1. The van der Waals surface area contributed by atoms with Crippen LogP contribution in [0.5, 0.6) is 0 Å². The van der Waals surface area contributed by atoms with E-state index in [0.717, 1.165) is 22.6 Å². The minimum Gasteiger partial charge on any atom is -0.318 e. The fraction of sp³-hybridized carbons (Fsp3) is 0.174. The first kappa shape index (κ1) is 21.3. The van der Waals surface area contributed by atoms with Gasteiger partial charge in [-0.15, -0.1) is 0 Å². The molecule has 0 radical (unpaired) electrons. The number of nitrogens with zero attached hydrogens (tertiary/aromatic N) is 2. The zero-order valence-corrected chi connectivity index (χ0v) is 18.0. The van der Waals surface area contributed by atoms with Crippen LogP contribution in [0.15, 0.2) is 53.6 Å². The van der Waals surface area contributed by atoms with Crippen molar-refractivity contribution < 1.29 is 9.59 Å². The van der Waals surface area contributed by atoms with E-state index in [2.05, 4.69) is 52.5 Å². The normalized spacial score (nSPS) is 11.0. The number of benzene rings is 2. The van der Waals surface area contributed by atoms with Crippen molar-refractivity contribution in [3.63, 3.8) is 0 Å². The molecule has 154 valence electrons. The molecule has 0 aliphatic carbocycles. The highest BCUT2D eigenvalue weighted by Gasteiger charge is 2.14. The molecule has 0 aliphatic rings. The quantitative estimate of drug-likeness (QED) is 0.370. The first-order chi connectivity index (χ1) is 14.3. The molecule has 7 heteroatoms. The number of hydrogen-bond donors (Lipinski definition) is 2. The van der Waals surface area contributed by atoms with Crippen molar-refractivity contribution in [3.8, 4) is 5.69 Å². The highest BCUT2D eigenvalue weighted by Crippen LogP contribution is 2.21. The highest BCUT2D eigenvalue weighted by atomic mass is 35.5. The molecule has 0 fully saturated rings. The molecular weight excluding hydrogens is 400 g/mol. The molecule has 2 N–H and O–H groups in total. The lowest BCUT2D eigenvalue weighted by Crippen LogP contribution is -2.32. The van der Waals surface area contributed by atoms with E-state index in [1.807, 2.05) is 19.9 Å². The molecule has 0 bridgehead atoms. The van der Waals surface area contributed by atoms with Gasteiger partial charge in [0, 0.05) is 33.3 Å². The maximum absolute atomic E-state index is 12.0. The van der Waals surface area contributed by atoms with Gasteiger partial charge in [0.2, 0.25) is 0 Å². The van der Waals surface area contributed by atoms with Crippen LogP contribution >= 0.6 is 11.6 Å². The number of hydrogen-bond acceptors (Lipinski definition) is 3. The molecule has 2 amide bonds. The molecule has 0 atom stereocenters. The van der Waals surface area contributed by atoms with E-state index in [9.17, 15) is 9.59 Å². The Labute approximate surface area is 180 Å². The Hall–Kier alpha value is -3.38. The Morgan fingerprint density at radius 3 is 2.30 bits per heavy atom. The molecule has 0 saturated heterocycles. The summed E-state index contributed by atoms with van der Waals surface area (Å²) in [5, 5.41) is 6.97. The Kier molecular flexibility index (Phi) is 6.37. The van der Waals surface area contributed by atoms with E-state index in [0.29, 0.717) is 10.7 Å². The van der Waals surface area contributed by atoms with E-state index < -0.39 is 11.8 Å². The summed E-state index contributed by atoms with van der Waals surface area (Å²) in [4.78, 5) is 24.0. The van der Waals surface area contributed by atoms with E-state index in [-0.39, 0.29) is 0 Å². The van der Waals surface area contributed by atoms with Gasteiger partial charge in [-0.2, -0.15) is 5.10 Å². The average molecular weight is 423 g/mol. The molecule has 6 nitrogen and oxygen atoms in total. The Morgan fingerprint density at radius 1 is 0.933 bits per heavy atom. The van der Waals surface area contributed by atoms with Crippen LogP contribution in [-0.2, 0) is 9.59 Å². The average Bonchev–Trinajstić information content (AvgIpc) is 2.99. The smallest absolute Gasteiger partial charge is 0.318 e. The van der Waals surface area contributed by atoms with Crippen LogP contribution in [0.4, 0.5) is 5.69 Å². The van der Waals surface area contributed by atoms with Crippen LogP contribution < -0.4 is 10.7 Å². The van der Waals surface area contributed by atoms with Gasteiger partial charge < -0.3 is 9.88 Å². The Balaban J connectivity index is 1.69. The van der Waals surface area contributed by atoms with Gasteiger partial charge in [0.25, 0.3) is 0 Å². The molecule has 0 spiro atoms. The number of carbonyl (C=O) groups is 2. The number of rotatable bonds is 4. The topological polar surface area (TPSA) is 75.5 Å². The third kappa shape index (κ3) is 4.78. The van der Waals surface area contributed by atoms with Crippen molar-refractivity contribution in [3.05, 3.63) is 81.6 Å². The molecule has 3 aromatic rings. The van der Waals surface area contributed by atoms with Crippen LogP contribution in [0.3, 0.4) is 0 Å². The van der Waals surface area contributed by atoms with Crippen molar-refractivity contribution in [2.24, 2.45) is 5.10 Å². The molecule has 1 aromatic heterocycles. The van der Waals surface area contributed by atoms with Gasteiger partial charge in [-0.05, 0) is 81.3 Å². The number of aryl methyl sites for hydroxylation is 3. The summed E-state index contributed by atoms with van der Waals surface area (Å²) in [7, 11) is 0. The van der Waals surface area contributed by atoms with Gasteiger partial charge in [-0.25, -0.2) is 5.43 Å². The summed E-state index contributed by atoms with van der Waals surface area (Å²) in [6.07, 6.45) is 1.54. The second-order valence-electron chi connectivity index (χ2n) is 7.09. The summed E-state index contributed by atoms with van der Waals surface area (Å²) >= 11 is 5.80. The summed E-state index contributed by atoms with van der Waals surface area (Å²) in [6, 6.07) is 14.8. The SMILES string of the molecule is Cc1ccc(-n2c(C)cc(/C=N\NC(=O)C(=O)Nc3ccc(Cl)cc3)c2C)cc1C. The number of anilines is 1.